The monoisotopic (exact) mass is 305 g/mol. The maximum atomic E-state index is 11.0. The number of hydrogen-bond acceptors (Lipinski definition) is 2. The summed E-state index contributed by atoms with van der Waals surface area (Å²) in [4.78, 5) is 10.2. The molecule has 1 rings (SSSR count). The van der Waals surface area contributed by atoms with Gasteiger partial charge in [0.2, 0.25) is 0 Å². The minimum Gasteiger partial charge on any atom is -0.623 e. The molecule has 0 aromatic heterocycles. The first-order chi connectivity index (χ1) is 6.58. The molecule has 0 saturated carbocycles. The number of aliphatic carboxylic acids is 1. The van der Waals surface area contributed by atoms with E-state index in [-0.39, 0.29) is 6.54 Å². The zero-order valence-corrected chi connectivity index (χ0v) is 9.34. The Labute approximate surface area is 94.6 Å². The standard InChI is InChI=1S/C9H8INO3/c10-8-3-1-7(2-4-8)5-11(14)6-9(12)13/h1-4,6H,5H2,(H,12,13)/b11-6-. The third-order valence-corrected chi connectivity index (χ3v) is 2.23. The van der Waals surface area contributed by atoms with E-state index in [9.17, 15) is 10.0 Å². The van der Waals surface area contributed by atoms with E-state index in [0.717, 1.165) is 9.13 Å². The van der Waals surface area contributed by atoms with Crippen LogP contribution >= 0.6 is 22.6 Å². The highest BCUT2D eigenvalue weighted by Gasteiger charge is 2.01. The smallest absolute Gasteiger partial charge is 0.394 e. The Hall–Kier alpha value is -1.11. The Morgan fingerprint density at radius 2 is 2.07 bits per heavy atom. The SMILES string of the molecule is O=C(O)/C=[N+](\[O-])Cc1ccc(I)cc1. The van der Waals surface area contributed by atoms with E-state index in [0.29, 0.717) is 11.0 Å². The van der Waals surface area contributed by atoms with Gasteiger partial charge in [0.1, 0.15) is 0 Å². The maximum Gasteiger partial charge on any atom is 0.394 e. The quantitative estimate of drug-likeness (QED) is 0.302. The first-order valence-corrected chi connectivity index (χ1v) is 4.92. The summed E-state index contributed by atoms with van der Waals surface area (Å²) in [7, 11) is 0. The second-order valence-corrected chi connectivity index (χ2v) is 3.91. The molecule has 0 aliphatic rings. The molecule has 1 aromatic rings. The summed E-state index contributed by atoms with van der Waals surface area (Å²) < 4.78 is 1.47. The van der Waals surface area contributed by atoms with Crippen LogP contribution in [0.15, 0.2) is 24.3 Å². The van der Waals surface area contributed by atoms with Crippen LogP contribution in [0.5, 0.6) is 0 Å². The van der Waals surface area contributed by atoms with Crippen molar-refractivity contribution in [1.29, 1.82) is 0 Å². The fourth-order valence-electron chi connectivity index (χ4n) is 0.939. The van der Waals surface area contributed by atoms with Crippen molar-refractivity contribution in [2.75, 3.05) is 0 Å². The first-order valence-electron chi connectivity index (χ1n) is 3.84. The van der Waals surface area contributed by atoms with Crippen molar-refractivity contribution in [3.05, 3.63) is 38.6 Å². The van der Waals surface area contributed by atoms with Crippen LogP contribution in [0.2, 0.25) is 0 Å². The molecule has 0 fully saturated rings. The third kappa shape index (κ3) is 3.73. The molecule has 0 amide bonds. The average molecular weight is 305 g/mol. The average Bonchev–Trinajstić information content (AvgIpc) is 2.07. The molecule has 4 nitrogen and oxygen atoms in total. The Balaban J connectivity index is 2.69. The molecule has 0 atom stereocenters. The van der Waals surface area contributed by atoms with Crippen molar-refractivity contribution in [1.82, 2.24) is 0 Å². The van der Waals surface area contributed by atoms with Crippen molar-refractivity contribution in [2.24, 2.45) is 0 Å². The van der Waals surface area contributed by atoms with Crippen LogP contribution in [0, 0.1) is 8.78 Å². The predicted octanol–water partition coefficient (Wildman–Crippen LogP) is 1.46. The molecule has 1 N–H and O–H groups in total. The fraction of sp³-hybridized carbons (Fsp3) is 0.111. The summed E-state index contributed by atoms with van der Waals surface area (Å²) in [5.74, 6) is -1.23. The molecule has 0 aliphatic carbocycles. The van der Waals surface area contributed by atoms with Gasteiger partial charge in [-0.1, -0.05) is 12.1 Å². The Bertz CT molecular complexity index is 359. The number of halogens is 1. The molecule has 0 saturated heterocycles. The van der Waals surface area contributed by atoms with Crippen molar-refractivity contribution in [3.8, 4) is 0 Å². The van der Waals surface area contributed by atoms with Gasteiger partial charge < -0.3 is 10.3 Å². The first kappa shape index (κ1) is 11.0. The van der Waals surface area contributed by atoms with Crippen molar-refractivity contribution < 1.29 is 14.6 Å². The maximum absolute atomic E-state index is 11.0. The van der Waals surface area contributed by atoms with Gasteiger partial charge in [-0.25, -0.2) is 9.53 Å². The lowest BCUT2D eigenvalue weighted by Crippen LogP contribution is -2.11. The lowest BCUT2D eigenvalue weighted by Gasteiger charge is -2.02. The molecule has 0 aliphatic heterocycles. The number of hydroxylamine groups is 1. The highest BCUT2D eigenvalue weighted by atomic mass is 127. The summed E-state index contributed by atoms with van der Waals surface area (Å²) >= 11 is 2.16. The molecule has 0 heterocycles. The van der Waals surface area contributed by atoms with Crippen molar-refractivity contribution >= 4 is 34.8 Å². The molecular formula is C9H8INO3. The second-order valence-electron chi connectivity index (χ2n) is 2.67. The normalized spacial score (nSPS) is 11.4. The van der Waals surface area contributed by atoms with Gasteiger partial charge >= 0.3 is 5.97 Å². The Kier molecular flexibility index (Phi) is 3.87. The van der Waals surface area contributed by atoms with Gasteiger partial charge in [-0.05, 0) is 34.7 Å². The summed E-state index contributed by atoms with van der Waals surface area (Å²) in [5, 5.41) is 19.3. The molecule has 0 unspecified atom stereocenters. The van der Waals surface area contributed by atoms with Crippen LogP contribution in [-0.4, -0.2) is 22.0 Å². The molecule has 1 aromatic carbocycles. The van der Waals surface area contributed by atoms with E-state index in [4.69, 9.17) is 5.11 Å². The Morgan fingerprint density at radius 3 is 2.57 bits per heavy atom. The molecule has 0 radical (unpaired) electrons. The predicted molar refractivity (Wildman–Crippen MR) is 60.2 cm³/mol. The molecule has 14 heavy (non-hydrogen) atoms. The van der Waals surface area contributed by atoms with E-state index in [1.807, 2.05) is 12.1 Å². The van der Waals surface area contributed by atoms with Gasteiger partial charge in [0.15, 0.2) is 6.54 Å². The number of nitrogens with zero attached hydrogens (tertiary/aromatic N) is 1. The van der Waals surface area contributed by atoms with Gasteiger partial charge in [0.25, 0.3) is 6.21 Å². The van der Waals surface area contributed by atoms with Gasteiger partial charge in [-0.3, -0.25) is 0 Å². The minimum absolute atomic E-state index is 0.0587. The van der Waals surface area contributed by atoms with Crippen LogP contribution in [0.1, 0.15) is 5.56 Å². The van der Waals surface area contributed by atoms with E-state index in [2.05, 4.69) is 22.6 Å². The summed E-state index contributed by atoms with van der Waals surface area (Å²) in [6, 6.07) is 7.32. The lowest BCUT2D eigenvalue weighted by molar-refractivity contribution is -0.469. The molecular weight excluding hydrogens is 297 g/mol. The Morgan fingerprint density at radius 1 is 1.50 bits per heavy atom. The van der Waals surface area contributed by atoms with Crippen LogP contribution in [0.25, 0.3) is 0 Å². The zero-order valence-electron chi connectivity index (χ0n) is 7.18. The van der Waals surface area contributed by atoms with E-state index in [1.54, 1.807) is 12.1 Å². The van der Waals surface area contributed by atoms with Gasteiger partial charge in [-0.2, -0.15) is 0 Å². The van der Waals surface area contributed by atoms with Crippen molar-refractivity contribution in [3.63, 3.8) is 0 Å². The number of hydrogen-bond donors (Lipinski definition) is 1. The van der Waals surface area contributed by atoms with E-state index in [1.165, 1.54) is 0 Å². The fourth-order valence-corrected chi connectivity index (χ4v) is 1.30. The van der Waals surface area contributed by atoms with E-state index < -0.39 is 5.97 Å². The number of rotatable bonds is 3. The lowest BCUT2D eigenvalue weighted by atomic mass is 10.2. The molecule has 0 spiro atoms. The van der Waals surface area contributed by atoms with E-state index >= 15 is 0 Å². The van der Waals surface area contributed by atoms with Gasteiger partial charge in [0, 0.05) is 9.13 Å². The molecule has 74 valence electrons. The van der Waals surface area contributed by atoms with Crippen LogP contribution in [0.4, 0.5) is 0 Å². The van der Waals surface area contributed by atoms with Gasteiger partial charge in [-0.15, -0.1) is 0 Å². The topological polar surface area (TPSA) is 63.4 Å². The van der Waals surface area contributed by atoms with Crippen LogP contribution in [0.3, 0.4) is 0 Å². The van der Waals surface area contributed by atoms with Crippen LogP contribution in [-0.2, 0) is 11.3 Å². The summed E-state index contributed by atoms with van der Waals surface area (Å²) in [6.45, 7) is 0.0587. The second kappa shape index (κ2) is 4.94. The number of carbonyl (C=O) groups is 1. The highest BCUT2D eigenvalue weighted by molar-refractivity contribution is 14.1. The van der Waals surface area contributed by atoms with Crippen molar-refractivity contribution in [2.45, 2.75) is 6.54 Å². The third-order valence-electron chi connectivity index (χ3n) is 1.51. The minimum atomic E-state index is -1.23. The zero-order chi connectivity index (χ0) is 10.6. The largest absolute Gasteiger partial charge is 0.623 e. The molecule has 5 heteroatoms. The van der Waals surface area contributed by atoms with Gasteiger partial charge in [0.05, 0.1) is 0 Å². The summed E-state index contributed by atoms with van der Waals surface area (Å²) in [6.07, 6.45) is 0.609. The number of carboxylic acids is 1. The summed E-state index contributed by atoms with van der Waals surface area (Å²) in [5.41, 5.74) is 0.790. The highest BCUT2D eigenvalue weighted by Crippen LogP contribution is 2.07. The number of carboxylic acid groups (broad SMARTS) is 1. The number of benzene rings is 1. The van der Waals surface area contributed by atoms with Crippen LogP contribution < -0.4 is 0 Å². The molecule has 0 bridgehead atoms.